The molecule has 1 nitrogen and oxygen atoms in total. The Morgan fingerprint density at radius 3 is 2.40 bits per heavy atom. The first-order valence-electron chi connectivity index (χ1n) is 8.74. The van der Waals surface area contributed by atoms with Gasteiger partial charge >= 0.3 is 0 Å². The number of piperidine rings is 1. The molecule has 0 amide bonds. The maximum absolute atomic E-state index is 2.87. The molecule has 1 heteroatoms. The Hall–Kier alpha value is -0.560. The van der Waals surface area contributed by atoms with Gasteiger partial charge in [0, 0.05) is 5.54 Å². The maximum atomic E-state index is 2.87. The molecule has 0 spiro atoms. The molecule has 1 saturated carbocycles. The molecule has 1 aliphatic heterocycles. The third-order valence-corrected chi connectivity index (χ3v) is 5.99. The van der Waals surface area contributed by atoms with Crippen molar-refractivity contribution in [2.75, 3.05) is 13.1 Å². The van der Waals surface area contributed by atoms with Gasteiger partial charge in [0.1, 0.15) is 0 Å². The first-order chi connectivity index (χ1) is 9.62. The summed E-state index contributed by atoms with van der Waals surface area (Å²) in [6.45, 7) is 7.61. The topological polar surface area (TPSA) is 3.24 Å². The zero-order valence-electron chi connectivity index (χ0n) is 13.5. The summed E-state index contributed by atoms with van der Waals surface area (Å²) in [5, 5.41) is 0. The lowest BCUT2D eigenvalue weighted by molar-refractivity contribution is 0.0773. The van der Waals surface area contributed by atoms with Crippen LogP contribution in [0.1, 0.15) is 71.6 Å². The largest absolute Gasteiger partial charge is 0.294 e. The highest BCUT2D eigenvalue weighted by molar-refractivity contribution is 5.33. The van der Waals surface area contributed by atoms with Gasteiger partial charge < -0.3 is 0 Å². The Balaban J connectivity index is 1.86. The minimum absolute atomic E-state index is 0.400. The molecule has 0 radical (unpaired) electrons. The van der Waals surface area contributed by atoms with Gasteiger partial charge in [-0.25, -0.2) is 0 Å². The van der Waals surface area contributed by atoms with E-state index >= 15 is 0 Å². The van der Waals surface area contributed by atoms with Crippen molar-refractivity contribution in [2.45, 2.75) is 77.2 Å². The summed E-state index contributed by atoms with van der Waals surface area (Å²) in [7, 11) is 0. The highest BCUT2D eigenvalue weighted by Crippen LogP contribution is 2.46. The van der Waals surface area contributed by atoms with Crippen LogP contribution in [0.25, 0.3) is 0 Å². The standard InChI is InChI=1S/C19H31N/c1-18(2)11-8-12-19(14-13-18,17-9-4-5-10-17)20-15-6-3-7-16-20/h4-5,9H,3,6-8,10-16H2,1-2H3. The summed E-state index contributed by atoms with van der Waals surface area (Å²) in [5.41, 5.74) is 2.67. The molecule has 0 bridgehead atoms. The van der Waals surface area contributed by atoms with Gasteiger partial charge in [-0.3, -0.25) is 4.90 Å². The fourth-order valence-corrected chi connectivity index (χ4v) is 4.61. The van der Waals surface area contributed by atoms with Crippen molar-refractivity contribution in [3.05, 3.63) is 23.8 Å². The number of hydrogen-bond donors (Lipinski definition) is 0. The van der Waals surface area contributed by atoms with E-state index in [2.05, 4.69) is 37.0 Å². The van der Waals surface area contributed by atoms with Crippen LogP contribution in [-0.4, -0.2) is 23.5 Å². The molecular weight excluding hydrogens is 242 g/mol. The minimum atomic E-state index is 0.400. The fraction of sp³-hybridized carbons (Fsp3) is 0.789. The second-order valence-corrected chi connectivity index (χ2v) is 7.92. The van der Waals surface area contributed by atoms with Gasteiger partial charge in [-0.2, -0.15) is 0 Å². The van der Waals surface area contributed by atoms with E-state index < -0.39 is 0 Å². The van der Waals surface area contributed by atoms with Gasteiger partial charge in [-0.1, -0.05) is 44.9 Å². The van der Waals surface area contributed by atoms with Crippen LogP contribution in [0.4, 0.5) is 0 Å². The zero-order chi connectivity index (χ0) is 14.1. The van der Waals surface area contributed by atoms with Gasteiger partial charge in [-0.05, 0) is 69.0 Å². The van der Waals surface area contributed by atoms with Crippen molar-refractivity contribution in [1.29, 1.82) is 0 Å². The number of rotatable bonds is 2. The molecule has 0 aromatic heterocycles. The van der Waals surface area contributed by atoms with E-state index in [1.165, 1.54) is 70.9 Å². The van der Waals surface area contributed by atoms with Crippen LogP contribution in [0, 0.1) is 5.41 Å². The van der Waals surface area contributed by atoms with E-state index in [4.69, 9.17) is 0 Å². The monoisotopic (exact) mass is 273 g/mol. The Labute approximate surface area is 125 Å². The summed E-state index contributed by atoms with van der Waals surface area (Å²) in [6, 6.07) is 0. The molecule has 20 heavy (non-hydrogen) atoms. The lowest BCUT2D eigenvalue weighted by Crippen LogP contribution is -2.52. The molecule has 0 aromatic rings. The van der Waals surface area contributed by atoms with Crippen molar-refractivity contribution < 1.29 is 0 Å². The SMILES string of the molecule is CC1(C)CCCC(C2=CC=CC2)(N2CCCCC2)CC1. The molecule has 1 atom stereocenters. The average Bonchev–Trinajstić information content (AvgIpc) is 2.93. The fourth-order valence-electron chi connectivity index (χ4n) is 4.61. The smallest absolute Gasteiger partial charge is 0.0426 e. The minimum Gasteiger partial charge on any atom is -0.294 e. The van der Waals surface area contributed by atoms with Crippen molar-refractivity contribution in [3.63, 3.8) is 0 Å². The first-order valence-corrected chi connectivity index (χ1v) is 8.74. The van der Waals surface area contributed by atoms with Crippen molar-refractivity contribution in [3.8, 4) is 0 Å². The second-order valence-electron chi connectivity index (χ2n) is 7.92. The van der Waals surface area contributed by atoms with Gasteiger partial charge in [0.25, 0.3) is 0 Å². The van der Waals surface area contributed by atoms with E-state index in [-0.39, 0.29) is 0 Å². The molecule has 0 aromatic carbocycles. The highest BCUT2D eigenvalue weighted by atomic mass is 15.2. The maximum Gasteiger partial charge on any atom is 0.0426 e. The van der Waals surface area contributed by atoms with Gasteiger partial charge in [0.05, 0.1) is 0 Å². The lowest BCUT2D eigenvalue weighted by atomic mass is 9.77. The van der Waals surface area contributed by atoms with Crippen LogP contribution < -0.4 is 0 Å². The van der Waals surface area contributed by atoms with E-state index in [1.807, 2.05) is 0 Å². The molecule has 2 fully saturated rings. The molecule has 1 saturated heterocycles. The summed E-state index contributed by atoms with van der Waals surface area (Å²) in [4.78, 5) is 2.87. The molecular formula is C19H31N. The summed E-state index contributed by atoms with van der Waals surface area (Å²) in [6.07, 6.45) is 19.5. The molecule has 3 rings (SSSR count). The van der Waals surface area contributed by atoms with Crippen LogP contribution in [0.3, 0.4) is 0 Å². The van der Waals surface area contributed by atoms with Crippen molar-refractivity contribution >= 4 is 0 Å². The quantitative estimate of drug-likeness (QED) is 0.634. The summed E-state index contributed by atoms with van der Waals surface area (Å²) < 4.78 is 0. The predicted molar refractivity (Wildman–Crippen MR) is 86.9 cm³/mol. The van der Waals surface area contributed by atoms with Gasteiger partial charge in [-0.15, -0.1) is 0 Å². The molecule has 0 N–H and O–H groups in total. The van der Waals surface area contributed by atoms with Crippen LogP contribution in [0.5, 0.6) is 0 Å². The molecule has 112 valence electrons. The highest BCUT2D eigenvalue weighted by Gasteiger charge is 2.42. The third kappa shape index (κ3) is 2.74. The average molecular weight is 273 g/mol. The first kappa shape index (κ1) is 14.4. The van der Waals surface area contributed by atoms with Crippen molar-refractivity contribution in [2.24, 2.45) is 5.41 Å². The Morgan fingerprint density at radius 1 is 0.900 bits per heavy atom. The summed E-state index contributed by atoms with van der Waals surface area (Å²) in [5.74, 6) is 0. The Kier molecular flexibility index (Phi) is 4.08. The van der Waals surface area contributed by atoms with Gasteiger partial charge in [0.2, 0.25) is 0 Å². The van der Waals surface area contributed by atoms with Crippen LogP contribution in [0.2, 0.25) is 0 Å². The molecule has 3 aliphatic rings. The second kappa shape index (κ2) is 5.67. The van der Waals surface area contributed by atoms with E-state index in [1.54, 1.807) is 5.57 Å². The van der Waals surface area contributed by atoms with Gasteiger partial charge in [0.15, 0.2) is 0 Å². The molecule has 1 heterocycles. The Bertz CT molecular complexity index is 398. The van der Waals surface area contributed by atoms with E-state index in [9.17, 15) is 0 Å². The Morgan fingerprint density at radius 2 is 1.70 bits per heavy atom. The van der Waals surface area contributed by atoms with E-state index in [0.29, 0.717) is 11.0 Å². The normalized spacial score (nSPS) is 34.8. The number of allylic oxidation sites excluding steroid dienone is 3. The summed E-state index contributed by atoms with van der Waals surface area (Å²) >= 11 is 0. The number of hydrogen-bond acceptors (Lipinski definition) is 1. The zero-order valence-corrected chi connectivity index (χ0v) is 13.5. The van der Waals surface area contributed by atoms with Crippen molar-refractivity contribution in [1.82, 2.24) is 4.90 Å². The third-order valence-electron chi connectivity index (χ3n) is 5.99. The molecule has 1 unspecified atom stereocenters. The molecule has 2 aliphatic carbocycles. The number of likely N-dealkylation sites (tertiary alicyclic amines) is 1. The number of nitrogens with zero attached hydrogens (tertiary/aromatic N) is 1. The van der Waals surface area contributed by atoms with Crippen LogP contribution in [-0.2, 0) is 0 Å². The van der Waals surface area contributed by atoms with Crippen LogP contribution >= 0.6 is 0 Å². The predicted octanol–water partition coefficient (Wildman–Crippen LogP) is 5.09. The lowest BCUT2D eigenvalue weighted by Gasteiger charge is -2.47. The van der Waals surface area contributed by atoms with Crippen LogP contribution in [0.15, 0.2) is 23.8 Å². The van der Waals surface area contributed by atoms with E-state index in [0.717, 1.165) is 0 Å².